The van der Waals surface area contributed by atoms with Crippen LogP contribution in [-0.2, 0) is 0 Å². The molecule has 9 nitrogen and oxygen atoms in total. The van der Waals surface area contributed by atoms with E-state index < -0.39 is 0 Å². The molecular weight excluding hydrogens is 406 g/mol. The molecular formula is C23H25N7O2. The largest absolute Gasteiger partial charge is 0.496 e. The Bertz CT molecular complexity index is 1280. The van der Waals surface area contributed by atoms with Crippen LogP contribution in [0.2, 0.25) is 0 Å². The van der Waals surface area contributed by atoms with Crippen LogP contribution < -0.4 is 21.1 Å². The molecule has 1 aromatic carbocycles. The number of imidazole rings is 1. The zero-order valence-corrected chi connectivity index (χ0v) is 18.4. The first kappa shape index (κ1) is 21.3. The number of anilines is 2. The Morgan fingerprint density at radius 2 is 2.03 bits per heavy atom. The summed E-state index contributed by atoms with van der Waals surface area (Å²) in [4.78, 5) is 26.1. The zero-order valence-electron chi connectivity index (χ0n) is 18.4. The highest BCUT2D eigenvalue weighted by Gasteiger charge is 2.21. The summed E-state index contributed by atoms with van der Waals surface area (Å²) in [5.74, 6) is 1.74. The van der Waals surface area contributed by atoms with Gasteiger partial charge in [-0.3, -0.25) is 9.20 Å². The summed E-state index contributed by atoms with van der Waals surface area (Å²) < 4.78 is 7.45. The van der Waals surface area contributed by atoms with Crippen molar-refractivity contribution in [1.82, 2.24) is 24.7 Å². The number of benzene rings is 1. The molecule has 4 N–H and O–H groups in total. The Balaban J connectivity index is 1.75. The number of methoxy groups -OCH3 is 1. The summed E-state index contributed by atoms with van der Waals surface area (Å²) in [5, 5.41) is 6.00. The van der Waals surface area contributed by atoms with Gasteiger partial charge in [0.25, 0.3) is 5.91 Å². The van der Waals surface area contributed by atoms with Crippen molar-refractivity contribution >= 4 is 23.1 Å². The third kappa shape index (κ3) is 3.85. The van der Waals surface area contributed by atoms with Gasteiger partial charge < -0.3 is 21.1 Å². The first-order valence-electron chi connectivity index (χ1n) is 10.1. The fourth-order valence-corrected chi connectivity index (χ4v) is 3.47. The molecule has 3 aromatic heterocycles. The second-order valence-electron chi connectivity index (χ2n) is 7.45. The van der Waals surface area contributed by atoms with Crippen LogP contribution in [0.3, 0.4) is 0 Å². The van der Waals surface area contributed by atoms with Gasteiger partial charge in [-0.05, 0) is 44.7 Å². The lowest BCUT2D eigenvalue weighted by atomic mass is 10.1. The van der Waals surface area contributed by atoms with Gasteiger partial charge in [-0.25, -0.2) is 15.0 Å². The standard InChI is InChI=1S/C23H25N7O2/c1-13-5-8-18(27-12-13)28-23(31)16-7-6-15(11-17(16)32-4)19-20-21(24)26-9-10-30(20)22(29-19)14(2)25-3/h5-12,14,25H,1-4H3,(H2,24,26)(H,27,28,31). The molecule has 0 bridgehead atoms. The number of aromatic nitrogens is 4. The van der Waals surface area contributed by atoms with E-state index in [-0.39, 0.29) is 11.9 Å². The third-order valence-corrected chi connectivity index (χ3v) is 5.30. The van der Waals surface area contributed by atoms with Crippen molar-refractivity contribution in [3.05, 3.63) is 65.9 Å². The van der Waals surface area contributed by atoms with E-state index >= 15 is 0 Å². The van der Waals surface area contributed by atoms with Crippen LogP contribution >= 0.6 is 0 Å². The van der Waals surface area contributed by atoms with E-state index in [0.29, 0.717) is 34.2 Å². The number of nitrogens with two attached hydrogens (primary N) is 1. The molecule has 164 valence electrons. The molecule has 4 rings (SSSR count). The predicted octanol–water partition coefficient (Wildman–Crippen LogP) is 3.22. The summed E-state index contributed by atoms with van der Waals surface area (Å²) >= 11 is 0. The van der Waals surface area contributed by atoms with Crippen LogP contribution in [0.15, 0.2) is 48.9 Å². The molecule has 0 fully saturated rings. The van der Waals surface area contributed by atoms with Crippen molar-refractivity contribution in [3.63, 3.8) is 0 Å². The van der Waals surface area contributed by atoms with E-state index in [1.54, 1.807) is 30.6 Å². The van der Waals surface area contributed by atoms with E-state index in [1.807, 2.05) is 43.6 Å². The quantitative estimate of drug-likeness (QED) is 0.429. The number of nitrogens with zero attached hydrogens (tertiary/aromatic N) is 4. The Hall–Kier alpha value is -3.98. The van der Waals surface area contributed by atoms with Crippen molar-refractivity contribution < 1.29 is 9.53 Å². The molecule has 0 spiro atoms. The van der Waals surface area contributed by atoms with Gasteiger partial charge in [-0.1, -0.05) is 12.1 Å². The molecule has 4 aromatic rings. The van der Waals surface area contributed by atoms with Crippen molar-refractivity contribution in [2.75, 3.05) is 25.2 Å². The Morgan fingerprint density at radius 1 is 1.22 bits per heavy atom. The molecule has 0 aliphatic rings. The Labute approximate surface area is 185 Å². The van der Waals surface area contributed by atoms with Crippen molar-refractivity contribution in [3.8, 4) is 17.0 Å². The van der Waals surface area contributed by atoms with Crippen molar-refractivity contribution in [2.45, 2.75) is 19.9 Å². The van der Waals surface area contributed by atoms with Gasteiger partial charge in [-0.2, -0.15) is 0 Å². The minimum absolute atomic E-state index is 0.00740. The Morgan fingerprint density at radius 3 is 2.72 bits per heavy atom. The third-order valence-electron chi connectivity index (χ3n) is 5.30. The van der Waals surface area contributed by atoms with Gasteiger partial charge in [0, 0.05) is 24.2 Å². The minimum Gasteiger partial charge on any atom is -0.496 e. The number of nitrogen functional groups attached to an aromatic ring is 1. The smallest absolute Gasteiger partial charge is 0.260 e. The van der Waals surface area contributed by atoms with Crippen molar-refractivity contribution in [2.24, 2.45) is 0 Å². The second-order valence-corrected chi connectivity index (χ2v) is 7.45. The summed E-state index contributed by atoms with van der Waals surface area (Å²) in [7, 11) is 3.39. The number of nitrogens with one attached hydrogen (secondary N) is 2. The van der Waals surface area contributed by atoms with Crippen LogP contribution in [0.25, 0.3) is 16.8 Å². The first-order valence-corrected chi connectivity index (χ1v) is 10.1. The summed E-state index contributed by atoms with van der Waals surface area (Å²) in [6, 6.07) is 8.94. The number of fused-ring (bicyclic) bond motifs is 1. The molecule has 0 radical (unpaired) electrons. The van der Waals surface area contributed by atoms with E-state index in [2.05, 4.69) is 20.6 Å². The Kier molecular flexibility index (Phi) is 5.74. The monoisotopic (exact) mass is 431 g/mol. The number of hydrogen-bond donors (Lipinski definition) is 3. The van der Waals surface area contributed by atoms with Gasteiger partial charge >= 0.3 is 0 Å². The van der Waals surface area contributed by atoms with Crippen LogP contribution in [-0.4, -0.2) is 39.4 Å². The summed E-state index contributed by atoms with van der Waals surface area (Å²) in [6.45, 7) is 3.95. The van der Waals surface area contributed by atoms with Crippen LogP contribution in [0.4, 0.5) is 11.6 Å². The van der Waals surface area contributed by atoms with E-state index in [4.69, 9.17) is 15.5 Å². The zero-order chi connectivity index (χ0) is 22.8. The van der Waals surface area contributed by atoms with E-state index in [0.717, 1.165) is 17.0 Å². The van der Waals surface area contributed by atoms with Gasteiger partial charge in [0.15, 0.2) is 0 Å². The molecule has 3 heterocycles. The topological polar surface area (TPSA) is 119 Å². The molecule has 32 heavy (non-hydrogen) atoms. The molecule has 1 amide bonds. The average molecular weight is 432 g/mol. The van der Waals surface area contributed by atoms with Crippen LogP contribution in [0.5, 0.6) is 5.75 Å². The maximum absolute atomic E-state index is 12.8. The van der Waals surface area contributed by atoms with E-state index in [1.165, 1.54) is 7.11 Å². The van der Waals surface area contributed by atoms with Gasteiger partial charge in [0.05, 0.1) is 18.7 Å². The molecule has 9 heteroatoms. The minimum atomic E-state index is -0.315. The van der Waals surface area contributed by atoms with Gasteiger partial charge in [-0.15, -0.1) is 0 Å². The number of amides is 1. The number of aryl methyl sites for hydroxylation is 1. The van der Waals surface area contributed by atoms with Crippen LogP contribution in [0.1, 0.15) is 34.7 Å². The molecule has 0 aliphatic carbocycles. The lowest BCUT2D eigenvalue weighted by Gasteiger charge is -2.11. The maximum Gasteiger partial charge on any atom is 0.260 e. The van der Waals surface area contributed by atoms with Gasteiger partial charge in [0.2, 0.25) is 0 Å². The lowest BCUT2D eigenvalue weighted by molar-refractivity contribution is 0.102. The van der Waals surface area contributed by atoms with Crippen LogP contribution in [0, 0.1) is 6.92 Å². The highest BCUT2D eigenvalue weighted by atomic mass is 16.5. The van der Waals surface area contributed by atoms with E-state index in [9.17, 15) is 4.79 Å². The fourth-order valence-electron chi connectivity index (χ4n) is 3.47. The fraction of sp³-hybridized carbons (Fsp3) is 0.217. The lowest BCUT2D eigenvalue weighted by Crippen LogP contribution is -2.15. The SMILES string of the molecule is CNC(C)c1nc(-c2ccc(C(=O)Nc3ccc(C)cn3)c(OC)c2)c2c(N)nccn12. The maximum atomic E-state index is 12.8. The molecule has 0 saturated heterocycles. The summed E-state index contributed by atoms with van der Waals surface area (Å²) in [6.07, 6.45) is 5.17. The van der Waals surface area contributed by atoms with Crippen molar-refractivity contribution in [1.29, 1.82) is 0 Å². The number of carbonyl (C=O) groups excluding carboxylic acids is 1. The normalized spacial score (nSPS) is 12.0. The van der Waals surface area contributed by atoms with Gasteiger partial charge in [0.1, 0.15) is 34.4 Å². The number of pyridine rings is 1. The predicted molar refractivity (Wildman–Crippen MR) is 124 cm³/mol. The second kappa shape index (κ2) is 8.64. The molecule has 1 unspecified atom stereocenters. The first-order chi connectivity index (χ1) is 15.4. The highest BCUT2D eigenvalue weighted by molar-refractivity contribution is 6.06. The number of rotatable bonds is 6. The molecule has 0 saturated carbocycles. The number of ether oxygens (including phenoxy) is 1. The highest BCUT2D eigenvalue weighted by Crippen LogP contribution is 2.33. The molecule has 1 atom stereocenters. The molecule has 0 aliphatic heterocycles. The number of hydrogen-bond acceptors (Lipinski definition) is 7. The number of carbonyl (C=O) groups is 1. The average Bonchev–Trinajstić information content (AvgIpc) is 3.20. The summed E-state index contributed by atoms with van der Waals surface area (Å²) in [5.41, 5.74) is 9.73.